The lowest BCUT2D eigenvalue weighted by Crippen LogP contribution is -2.49. The van der Waals surface area contributed by atoms with Crippen molar-refractivity contribution in [2.45, 2.75) is 25.2 Å². The molecule has 7 nitrogen and oxygen atoms in total. The fraction of sp³-hybridized carbons (Fsp3) is 0.429. The maximum absolute atomic E-state index is 12.2. The molecule has 0 saturated carbocycles. The summed E-state index contributed by atoms with van der Waals surface area (Å²) < 4.78 is 5.26. The molecule has 1 fully saturated rings. The maximum atomic E-state index is 12.2. The lowest BCUT2D eigenvalue weighted by molar-refractivity contribution is -0.0140. The molecule has 0 radical (unpaired) electrons. The van der Waals surface area contributed by atoms with Crippen LogP contribution >= 0.6 is 0 Å². The Labute approximate surface area is 121 Å². The van der Waals surface area contributed by atoms with Gasteiger partial charge in [-0.2, -0.15) is 0 Å². The summed E-state index contributed by atoms with van der Waals surface area (Å²) in [6, 6.07) is 4.66. The second kappa shape index (κ2) is 5.80. The molecular formula is C14H17N3O4. The van der Waals surface area contributed by atoms with E-state index in [9.17, 15) is 9.90 Å². The van der Waals surface area contributed by atoms with Gasteiger partial charge in [0.05, 0.1) is 29.8 Å². The Bertz CT molecular complexity index is 655. The van der Waals surface area contributed by atoms with Gasteiger partial charge in [0.15, 0.2) is 0 Å². The topological polar surface area (TPSA) is 107 Å². The van der Waals surface area contributed by atoms with Gasteiger partial charge in [-0.05, 0) is 24.6 Å². The molecule has 0 unspecified atom stereocenters. The lowest BCUT2D eigenvalue weighted by atomic mass is 10.1. The second-order valence-electron chi connectivity index (χ2n) is 5.08. The van der Waals surface area contributed by atoms with Crippen LogP contribution in [0.1, 0.15) is 22.6 Å². The van der Waals surface area contributed by atoms with Crippen molar-refractivity contribution in [3.63, 3.8) is 0 Å². The van der Waals surface area contributed by atoms with Crippen LogP contribution in [0.15, 0.2) is 18.2 Å². The quantitative estimate of drug-likeness (QED) is 0.633. The number of carbonyl (C=O) groups excluding carboxylic acids is 1. The van der Waals surface area contributed by atoms with Crippen LogP contribution in [0.3, 0.4) is 0 Å². The molecule has 0 spiro atoms. The summed E-state index contributed by atoms with van der Waals surface area (Å²) >= 11 is 0. The summed E-state index contributed by atoms with van der Waals surface area (Å²) in [7, 11) is 0. The number of imidazole rings is 1. The minimum absolute atomic E-state index is 0.179. The zero-order chi connectivity index (χ0) is 14.8. The zero-order valence-electron chi connectivity index (χ0n) is 11.4. The fourth-order valence-corrected chi connectivity index (χ4v) is 2.39. The van der Waals surface area contributed by atoms with Crippen LogP contribution in [0.2, 0.25) is 0 Å². The Morgan fingerprint density at radius 2 is 2.38 bits per heavy atom. The molecule has 1 aromatic carbocycles. The van der Waals surface area contributed by atoms with Crippen LogP contribution in [0.4, 0.5) is 0 Å². The molecule has 2 aromatic rings. The number of aromatic nitrogens is 2. The number of hydrogen-bond acceptors (Lipinski definition) is 5. The average Bonchev–Trinajstić information content (AvgIpc) is 2.91. The van der Waals surface area contributed by atoms with Crippen molar-refractivity contribution in [2.24, 2.45) is 0 Å². The van der Waals surface area contributed by atoms with Crippen LogP contribution in [-0.2, 0) is 11.3 Å². The summed E-state index contributed by atoms with van der Waals surface area (Å²) in [5.41, 5.74) is 1.84. The van der Waals surface area contributed by atoms with E-state index in [4.69, 9.17) is 9.84 Å². The van der Waals surface area contributed by atoms with E-state index in [0.717, 1.165) is 0 Å². The number of aliphatic hydroxyl groups is 2. The van der Waals surface area contributed by atoms with E-state index in [0.29, 0.717) is 42.1 Å². The highest BCUT2D eigenvalue weighted by Gasteiger charge is 2.25. The van der Waals surface area contributed by atoms with E-state index in [2.05, 4.69) is 15.3 Å². The number of benzene rings is 1. The third-order valence-electron chi connectivity index (χ3n) is 3.58. The van der Waals surface area contributed by atoms with Gasteiger partial charge in [-0.25, -0.2) is 4.98 Å². The van der Waals surface area contributed by atoms with Gasteiger partial charge in [0, 0.05) is 12.2 Å². The number of nitrogens with one attached hydrogen (secondary N) is 2. The summed E-state index contributed by atoms with van der Waals surface area (Å²) in [6.45, 7) is 0.646. The number of hydrogen-bond donors (Lipinski definition) is 4. The van der Waals surface area contributed by atoms with Crippen molar-refractivity contribution in [1.82, 2.24) is 15.3 Å². The van der Waals surface area contributed by atoms with Gasteiger partial charge < -0.3 is 25.3 Å². The fourth-order valence-electron chi connectivity index (χ4n) is 2.39. The monoisotopic (exact) mass is 291 g/mol. The van der Waals surface area contributed by atoms with Crippen molar-refractivity contribution >= 4 is 16.9 Å². The Balaban J connectivity index is 1.77. The van der Waals surface area contributed by atoms with Gasteiger partial charge in [-0.3, -0.25) is 4.79 Å². The van der Waals surface area contributed by atoms with Gasteiger partial charge in [-0.1, -0.05) is 0 Å². The molecule has 4 N–H and O–H groups in total. The van der Waals surface area contributed by atoms with E-state index in [1.807, 2.05) is 0 Å². The first-order valence-corrected chi connectivity index (χ1v) is 6.83. The molecule has 1 aromatic heterocycles. The summed E-state index contributed by atoms with van der Waals surface area (Å²) in [6.07, 6.45) is -0.0655. The van der Waals surface area contributed by atoms with Crippen molar-refractivity contribution in [2.75, 3.05) is 13.2 Å². The van der Waals surface area contributed by atoms with E-state index >= 15 is 0 Å². The number of carbonyl (C=O) groups is 1. The third-order valence-corrected chi connectivity index (χ3v) is 3.58. The van der Waals surface area contributed by atoms with Gasteiger partial charge in [-0.15, -0.1) is 0 Å². The number of aliphatic hydroxyl groups excluding tert-OH is 2. The Morgan fingerprint density at radius 1 is 1.52 bits per heavy atom. The first kappa shape index (κ1) is 14.0. The molecule has 3 rings (SSSR count). The van der Waals surface area contributed by atoms with Crippen molar-refractivity contribution in [3.8, 4) is 0 Å². The van der Waals surface area contributed by atoms with Gasteiger partial charge in [0.1, 0.15) is 12.4 Å². The van der Waals surface area contributed by atoms with Crippen molar-refractivity contribution < 1.29 is 19.7 Å². The van der Waals surface area contributed by atoms with Gasteiger partial charge in [0.25, 0.3) is 5.91 Å². The van der Waals surface area contributed by atoms with E-state index in [1.165, 1.54) is 0 Å². The molecule has 1 amide bonds. The number of amides is 1. The lowest BCUT2D eigenvalue weighted by Gasteiger charge is -2.28. The third kappa shape index (κ3) is 2.90. The second-order valence-corrected chi connectivity index (χ2v) is 5.08. The Kier molecular flexibility index (Phi) is 3.87. The van der Waals surface area contributed by atoms with Crippen molar-refractivity contribution in [1.29, 1.82) is 0 Å². The van der Waals surface area contributed by atoms with E-state index < -0.39 is 12.1 Å². The van der Waals surface area contributed by atoms with Crippen LogP contribution in [0.5, 0.6) is 0 Å². The molecule has 1 saturated heterocycles. The largest absolute Gasteiger partial charge is 0.391 e. The molecule has 2 heterocycles. The predicted molar refractivity (Wildman–Crippen MR) is 74.7 cm³/mol. The van der Waals surface area contributed by atoms with Gasteiger partial charge in [0.2, 0.25) is 0 Å². The summed E-state index contributed by atoms with van der Waals surface area (Å²) in [5.74, 6) is 0.185. The molecule has 2 atom stereocenters. The molecule has 1 aliphatic heterocycles. The normalized spacial score (nSPS) is 22.4. The maximum Gasteiger partial charge on any atom is 0.251 e. The number of rotatable bonds is 3. The van der Waals surface area contributed by atoms with Gasteiger partial charge >= 0.3 is 0 Å². The summed E-state index contributed by atoms with van der Waals surface area (Å²) in [5, 5.41) is 21.7. The SMILES string of the molecule is O=C(N[C@@H]1COCC[C@H]1O)c1ccc2nc(CO)[nH]c2c1. The molecule has 1 aliphatic rings. The minimum Gasteiger partial charge on any atom is -0.391 e. The Morgan fingerprint density at radius 3 is 3.14 bits per heavy atom. The summed E-state index contributed by atoms with van der Waals surface area (Å²) in [4.78, 5) is 19.3. The Hall–Kier alpha value is -1.96. The minimum atomic E-state index is -0.584. The van der Waals surface area contributed by atoms with E-state index in [1.54, 1.807) is 18.2 Å². The molecule has 21 heavy (non-hydrogen) atoms. The predicted octanol–water partition coefficient (Wildman–Crippen LogP) is -0.0652. The highest BCUT2D eigenvalue weighted by atomic mass is 16.5. The zero-order valence-corrected chi connectivity index (χ0v) is 11.4. The molecule has 112 valence electrons. The smallest absolute Gasteiger partial charge is 0.251 e. The number of aromatic amines is 1. The van der Waals surface area contributed by atoms with Crippen LogP contribution < -0.4 is 5.32 Å². The first-order valence-electron chi connectivity index (χ1n) is 6.83. The number of nitrogens with zero attached hydrogens (tertiary/aromatic N) is 1. The molecular weight excluding hydrogens is 274 g/mol. The molecule has 7 heteroatoms. The molecule has 0 aliphatic carbocycles. The average molecular weight is 291 g/mol. The standard InChI is InChI=1S/C14H17N3O4/c18-6-13-15-9-2-1-8(5-10(9)16-13)14(20)17-11-7-21-4-3-12(11)19/h1-2,5,11-12,18-19H,3-4,6-7H2,(H,15,16)(H,17,20)/t11-,12-/m1/s1. The van der Waals surface area contributed by atoms with Crippen LogP contribution in [0, 0.1) is 0 Å². The van der Waals surface area contributed by atoms with E-state index in [-0.39, 0.29) is 12.5 Å². The highest BCUT2D eigenvalue weighted by molar-refractivity contribution is 5.97. The highest BCUT2D eigenvalue weighted by Crippen LogP contribution is 2.15. The van der Waals surface area contributed by atoms with Crippen molar-refractivity contribution in [3.05, 3.63) is 29.6 Å². The number of fused-ring (bicyclic) bond motifs is 1. The number of ether oxygens (including phenoxy) is 1. The van der Waals surface area contributed by atoms with Crippen LogP contribution in [-0.4, -0.2) is 51.4 Å². The first-order chi connectivity index (χ1) is 10.2. The number of H-pyrrole nitrogens is 1. The molecule has 0 bridgehead atoms. The van der Waals surface area contributed by atoms with Crippen LogP contribution in [0.25, 0.3) is 11.0 Å².